The SMILES string of the molecule is O=C(CCc1ccc(F)cc1)NC1CCN(C2CCCC2)CC1. The molecule has 0 atom stereocenters. The summed E-state index contributed by atoms with van der Waals surface area (Å²) in [6, 6.07) is 7.53. The molecule has 1 aliphatic carbocycles. The molecule has 1 aromatic rings. The molecule has 0 unspecified atom stereocenters. The summed E-state index contributed by atoms with van der Waals surface area (Å²) in [5, 5.41) is 3.17. The predicted octanol–water partition coefficient (Wildman–Crippen LogP) is 3.28. The number of halogens is 1. The highest BCUT2D eigenvalue weighted by Crippen LogP contribution is 2.26. The van der Waals surface area contributed by atoms with Gasteiger partial charge in [-0.15, -0.1) is 0 Å². The van der Waals surface area contributed by atoms with Crippen LogP contribution in [0.2, 0.25) is 0 Å². The number of likely N-dealkylation sites (tertiary alicyclic amines) is 1. The molecular formula is C19H27FN2O. The van der Waals surface area contributed by atoms with Gasteiger partial charge in [-0.1, -0.05) is 25.0 Å². The quantitative estimate of drug-likeness (QED) is 0.903. The van der Waals surface area contributed by atoms with Crippen LogP contribution >= 0.6 is 0 Å². The Balaban J connectivity index is 1.36. The average Bonchev–Trinajstić information content (AvgIpc) is 3.09. The highest BCUT2D eigenvalue weighted by Gasteiger charge is 2.27. The van der Waals surface area contributed by atoms with Gasteiger partial charge in [-0.3, -0.25) is 4.79 Å². The first-order chi connectivity index (χ1) is 11.2. The van der Waals surface area contributed by atoms with Gasteiger partial charge in [0.25, 0.3) is 0 Å². The summed E-state index contributed by atoms with van der Waals surface area (Å²) in [4.78, 5) is 14.7. The van der Waals surface area contributed by atoms with Crippen molar-refractivity contribution >= 4 is 5.91 Å². The van der Waals surface area contributed by atoms with Crippen LogP contribution in [0.25, 0.3) is 0 Å². The van der Waals surface area contributed by atoms with Crippen molar-refractivity contribution < 1.29 is 9.18 Å². The molecule has 126 valence electrons. The van der Waals surface area contributed by atoms with E-state index in [0.717, 1.165) is 37.5 Å². The number of aryl methyl sites for hydroxylation is 1. The second-order valence-electron chi connectivity index (χ2n) is 6.94. The Hall–Kier alpha value is -1.42. The molecule has 1 saturated heterocycles. The molecule has 4 heteroatoms. The molecule has 2 fully saturated rings. The molecule has 0 radical (unpaired) electrons. The highest BCUT2D eigenvalue weighted by molar-refractivity contribution is 5.76. The van der Waals surface area contributed by atoms with Gasteiger partial charge in [-0.25, -0.2) is 4.39 Å². The minimum atomic E-state index is -0.229. The molecule has 3 rings (SSSR count). The molecule has 0 aromatic heterocycles. The standard InChI is InChI=1S/C19H27FN2O/c20-16-8-5-15(6-9-16)7-10-19(23)21-17-11-13-22(14-12-17)18-3-1-2-4-18/h5-6,8-9,17-18H,1-4,7,10-14H2,(H,21,23). The first-order valence-corrected chi connectivity index (χ1v) is 8.98. The largest absolute Gasteiger partial charge is 0.353 e. The third-order valence-electron chi connectivity index (χ3n) is 5.29. The van der Waals surface area contributed by atoms with Gasteiger partial charge in [0.1, 0.15) is 5.82 Å². The first kappa shape index (κ1) is 16.4. The molecule has 1 aliphatic heterocycles. The Morgan fingerprint density at radius 2 is 1.74 bits per heavy atom. The van der Waals surface area contributed by atoms with Crippen LogP contribution in [0.5, 0.6) is 0 Å². The van der Waals surface area contributed by atoms with Crippen molar-refractivity contribution in [2.75, 3.05) is 13.1 Å². The number of rotatable bonds is 5. The molecular weight excluding hydrogens is 291 g/mol. The Kier molecular flexibility index (Phi) is 5.65. The van der Waals surface area contributed by atoms with Crippen molar-refractivity contribution in [3.05, 3.63) is 35.6 Å². The van der Waals surface area contributed by atoms with E-state index in [1.807, 2.05) is 0 Å². The number of carbonyl (C=O) groups is 1. The maximum absolute atomic E-state index is 12.9. The van der Waals surface area contributed by atoms with Gasteiger partial charge in [-0.2, -0.15) is 0 Å². The smallest absolute Gasteiger partial charge is 0.220 e. The van der Waals surface area contributed by atoms with E-state index in [1.54, 1.807) is 12.1 Å². The van der Waals surface area contributed by atoms with Gasteiger partial charge in [0.2, 0.25) is 5.91 Å². The zero-order valence-electron chi connectivity index (χ0n) is 13.8. The lowest BCUT2D eigenvalue weighted by atomic mass is 10.0. The van der Waals surface area contributed by atoms with E-state index in [4.69, 9.17) is 0 Å². The summed E-state index contributed by atoms with van der Waals surface area (Å²) in [6.07, 6.45) is 8.76. The van der Waals surface area contributed by atoms with Crippen molar-refractivity contribution in [1.82, 2.24) is 10.2 Å². The third-order valence-corrected chi connectivity index (χ3v) is 5.29. The van der Waals surface area contributed by atoms with E-state index >= 15 is 0 Å². The van der Waals surface area contributed by atoms with Crippen LogP contribution in [-0.4, -0.2) is 36.0 Å². The summed E-state index contributed by atoms with van der Waals surface area (Å²) in [5.41, 5.74) is 1.01. The molecule has 1 amide bonds. The van der Waals surface area contributed by atoms with Gasteiger partial charge >= 0.3 is 0 Å². The second-order valence-corrected chi connectivity index (χ2v) is 6.94. The van der Waals surface area contributed by atoms with Crippen LogP contribution < -0.4 is 5.32 Å². The highest BCUT2D eigenvalue weighted by atomic mass is 19.1. The number of nitrogens with one attached hydrogen (secondary N) is 1. The van der Waals surface area contributed by atoms with Crippen LogP contribution in [-0.2, 0) is 11.2 Å². The zero-order chi connectivity index (χ0) is 16.1. The number of amides is 1. The number of hydrogen-bond acceptors (Lipinski definition) is 2. The Morgan fingerprint density at radius 3 is 2.39 bits per heavy atom. The topological polar surface area (TPSA) is 32.3 Å². The van der Waals surface area contributed by atoms with Gasteiger partial charge in [0.05, 0.1) is 0 Å². The molecule has 1 aromatic carbocycles. The lowest BCUT2D eigenvalue weighted by molar-refractivity contribution is -0.122. The normalized spacial score (nSPS) is 20.7. The Labute approximate surface area is 138 Å². The van der Waals surface area contributed by atoms with E-state index in [0.29, 0.717) is 18.9 Å². The van der Waals surface area contributed by atoms with Crippen molar-refractivity contribution in [1.29, 1.82) is 0 Å². The third kappa shape index (κ3) is 4.77. The van der Waals surface area contributed by atoms with E-state index in [9.17, 15) is 9.18 Å². The minimum absolute atomic E-state index is 0.119. The lowest BCUT2D eigenvalue weighted by Crippen LogP contribution is -2.47. The van der Waals surface area contributed by atoms with Crippen molar-refractivity contribution in [2.24, 2.45) is 0 Å². The van der Waals surface area contributed by atoms with Crippen LogP contribution in [0.15, 0.2) is 24.3 Å². The van der Waals surface area contributed by atoms with Gasteiger partial charge in [0.15, 0.2) is 0 Å². The van der Waals surface area contributed by atoms with Crippen LogP contribution in [0.3, 0.4) is 0 Å². The summed E-state index contributed by atoms with van der Waals surface area (Å²) >= 11 is 0. The summed E-state index contributed by atoms with van der Waals surface area (Å²) in [7, 11) is 0. The summed E-state index contributed by atoms with van der Waals surface area (Å²) in [5.74, 6) is -0.110. The minimum Gasteiger partial charge on any atom is -0.353 e. The molecule has 1 heterocycles. The summed E-state index contributed by atoms with van der Waals surface area (Å²) in [6.45, 7) is 2.24. The molecule has 3 nitrogen and oxygen atoms in total. The molecule has 1 saturated carbocycles. The fraction of sp³-hybridized carbons (Fsp3) is 0.632. The van der Waals surface area contributed by atoms with Crippen molar-refractivity contribution in [2.45, 2.75) is 63.5 Å². The number of nitrogens with zero attached hydrogens (tertiary/aromatic N) is 1. The van der Waals surface area contributed by atoms with Gasteiger partial charge in [-0.05, 0) is 49.8 Å². The van der Waals surface area contributed by atoms with Crippen molar-refractivity contribution in [3.63, 3.8) is 0 Å². The number of benzene rings is 1. The maximum Gasteiger partial charge on any atom is 0.220 e. The van der Waals surface area contributed by atoms with E-state index in [1.165, 1.54) is 37.8 Å². The van der Waals surface area contributed by atoms with E-state index < -0.39 is 0 Å². The fourth-order valence-corrected chi connectivity index (χ4v) is 3.89. The number of hydrogen-bond donors (Lipinski definition) is 1. The zero-order valence-corrected chi connectivity index (χ0v) is 13.8. The Bertz CT molecular complexity index is 503. The molecule has 0 spiro atoms. The maximum atomic E-state index is 12.9. The van der Waals surface area contributed by atoms with Crippen LogP contribution in [0, 0.1) is 5.82 Å². The molecule has 1 N–H and O–H groups in total. The Morgan fingerprint density at radius 1 is 1.09 bits per heavy atom. The van der Waals surface area contributed by atoms with E-state index in [2.05, 4.69) is 10.2 Å². The average molecular weight is 318 g/mol. The van der Waals surface area contributed by atoms with Crippen molar-refractivity contribution in [3.8, 4) is 0 Å². The second kappa shape index (κ2) is 7.91. The molecule has 0 bridgehead atoms. The number of carbonyl (C=O) groups excluding carboxylic acids is 1. The van der Waals surface area contributed by atoms with Crippen LogP contribution in [0.4, 0.5) is 4.39 Å². The molecule has 23 heavy (non-hydrogen) atoms. The van der Waals surface area contributed by atoms with Gasteiger partial charge < -0.3 is 10.2 Å². The van der Waals surface area contributed by atoms with Gasteiger partial charge in [0, 0.05) is 31.6 Å². The first-order valence-electron chi connectivity index (χ1n) is 8.98. The van der Waals surface area contributed by atoms with E-state index in [-0.39, 0.29) is 11.7 Å². The number of piperidine rings is 1. The fourth-order valence-electron chi connectivity index (χ4n) is 3.89. The summed E-state index contributed by atoms with van der Waals surface area (Å²) < 4.78 is 12.9. The molecule has 2 aliphatic rings. The monoisotopic (exact) mass is 318 g/mol. The predicted molar refractivity (Wildman–Crippen MR) is 89.7 cm³/mol. The lowest BCUT2D eigenvalue weighted by Gasteiger charge is -2.36. The van der Waals surface area contributed by atoms with Crippen LogP contribution in [0.1, 0.15) is 50.5 Å².